The average Bonchev–Trinajstić information content (AvgIpc) is 2.30. The number of hydrogen-bond acceptors (Lipinski definition) is 3. The molecule has 16 heavy (non-hydrogen) atoms. The highest BCUT2D eigenvalue weighted by Crippen LogP contribution is 2.31. The molecule has 1 heterocycles. The lowest BCUT2D eigenvalue weighted by Crippen LogP contribution is -2.13. The second-order valence-corrected chi connectivity index (χ2v) is 4.22. The lowest BCUT2D eigenvalue weighted by Gasteiger charge is -2.21. The fourth-order valence-corrected chi connectivity index (χ4v) is 2.21. The number of pyridine rings is 1. The summed E-state index contributed by atoms with van der Waals surface area (Å²) < 4.78 is 5.42. The van der Waals surface area contributed by atoms with Gasteiger partial charge in [0.15, 0.2) is 0 Å². The van der Waals surface area contributed by atoms with Crippen molar-refractivity contribution in [3.8, 4) is 5.75 Å². The van der Waals surface area contributed by atoms with E-state index < -0.39 is 0 Å². The maximum Gasteiger partial charge on any atom is 0.137 e. The first-order chi connectivity index (χ1) is 7.79. The molecule has 1 aromatic rings. The largest absolute Gasteiger partial charge is 0.492 e. The van der Waals surface area contributed by atoms with E-state index in [1.807, 2.05) is 19.2 Å². The third kappa shape index (κ3) is 2.60. The molecule has 1 unspecified atom stereocenters. The maximum atomic E-state index is 11.4. The molecule has 1 fully saturated rings. The van der Waals surface area contributed by atoms with Gasteiger partial charge in [0.1, 0.15) is 11.5 Å². The highest BCUT2D eigenvalue weighted by molar-refractivity contribution is 5.80. The number of rotatable bonds is 3. The zero-order chi connectivity index (χ0) is 11.4. The molecule has 1 saturated carbocycles. The second kappa shape index (κ2) is 5.10. The summed E-state index contributed by atoms with van der Waals surface area (Å²) in [6, 6.07) is 2.01. The van der Waals surface area contributed by atoms with Crippen LogP contribution in [-0.4, -0.2) is 17.4 Å². The topological polar surface area (TPSA) is 39.2 Å². The van der Waals surface area contributed by atoms with Gasteiger partial charge < -0.3 is 4.74 Å². The van der Waals surface area contributed by atoms with Gasteiger partial charge in [-0.05, 0) is 37.3 Å². The zero-order valence-electron chi connectivity index (χ0n) is 9.61. The van der Waals surface area contributed by atoms with Crippen LogP contribution in [0.15, 0.2) is 18.5 Å². The number of Topliss-reactive ketones (excluding diaryl/α,β-unsaturated/α-hetero) is 1. The van der Waals surface area contributed by atoms with Crippen molar-refractivity contribution < 1.29 is 9.53 Å². The summed E-state index contributed by atoms with van der Waals surface area (Å²) in [6.45, 7) is 2.60. The summed E-state index contributed by atoms with van der Waals surface area (Å²) in [5.41, 5.74) is 1.14. The fourth-order valence-electron chi connectivity index (χ4n) is 2.21. The Bertz CT molecular complexity index is 376. The Morgan fingerprint density at radius 3 is 3.12 bits per heavy atom. The molecule has 0 bridgehead atoms. The van der Waals surface area contributed by atoms with E-state index in [1.54, 1.807) is 6.20 Å². The van der Waals surface area contributed by atoms with Crippen molar-refractivity contribution in [2.45, 2.75) is 38.5 Å². The Balaban J connectivity index is 2.12. The van der Waals surface area contributed by atoms with Crippen molar-refractivity contribution in [3.05, 3.63) is 24.0 Å². The van der Waals surface area contributed by atoms with Gasteiger partial charge in [-0.15, -0.1) is 0 Å². The molecule has 0 saturated heterocycles. The Morgan fingerprint density at radius 2 is 2.38 bits per heavy atom. The number of carbonyl (C=O) groups excluding carboxylic acids is 1. The highest BCUT2D eigenvalue weighted by atomic mass is 16.5. The van der Waals surface area contributed by atoms with Gasteiger partial charge in [-0.3, -0.25) is 9.78 Å². The van der Waals surface area contributed by atoms with E-state index in [-0.39, 0.29) is 0 Å². The van der Waals surface area contributed by atoms with Crippen LogP contribution in [0.2, 0.25) is 0 Å². The van der Waals surface area contributed by atoms with Crippen LogP contribution in [0.1, 0.15) is 44.1 Å². The molecule has 86 valence electrons. The van der Waals surface area contributed by atoms with Crippen molar-refractivity contribution in [2.75, 3.05) is 6.61 Å². The van der Waals surface area contributed by atoms with Crippen LogP contribution in [0.25, 0.3) is 0 Å². The van der Waals surface area contributed by atoms with Crippen molar-refractivity contribution in [1.29, 1.82) is 0 Å². The number of aromatic nitrogens is 1. The van der Waals surface area contributed by atoms with Gasteiger partial charge in [0, 0.05) is 19.0 Å². The van der Waals surface area contributed by atoms with Crippen LogP contribution < -0.4 is 4.74 Å². The number of hydrogen-bond donors (Lipinski definition) is 0. The number of nitrogens with zero attached hydrogens (tertiary/aromatic N) is 1. The molecular formula is C13H17NO2. The van der Waals surface area contributed by atoms with Crippen LogP contribution in [0.4, 0.5) is 0 Å². The Morgan fingerprint density at radius 1 is 1.50 bits per heavy atom. The fraction of sp³-hybridized carbons (Fsp3) is 0.538. The standard InChI is InChI=1S/C13H17NO2/c1-2-16-13-7-11(8-14-9-13)10-4-3-5-12(15)6-10/h7-10H,2-6H2,1H3. The molecule has 0 N–H and O–H groups in total. The predicted molar refractivity (Wildman–Crippen MR) is 61.6 cm³/mol. The number of carbonyl (C=O) groups is 1. The van der Waals surface area contributed by atoms with Crippen LogP contribution in [-0.2, 0) is 4.79 Å². The van der Waals surface area contributed by atoms with Crippen LogP contribution in [0, 0.1) is 0 Å². The molecule has 0 radical (unpaired) electrons. The minimum absolute atomic E-state index is 0.342. The second-order valence-electron chi connectivity index (χ2n) is 4.22. The summed E-state index contributed by atoms with van der Waals surface area (Å²) in [4.78, 5) is 15.6. The van der Waals surface area contributed by atoms with Gasteiger partial charge in [-0.25, -0.2) is 0 Å². The van der Waals surface area contributed by atoms with Gasteiger partial charge in [-0.2, -0.15) is 0 Å². The quantitative estimate of drug-likeness (QED) is 0.784. The van der Waals surface area contributed by atoms with Gasteiger partial charge >= 0.3 is 0 Å². The van der Waals surface area contributed by atoms with E-state index >= 15 is 0 Å². The normalized spacial score (nSPS) is 20.8. The van der Waals surface area contributed by atoms with Gasteiger partial charge in [0.2, 0.25) is 0 Å². The molecule has 1 aliphatic rings. The molecule has 0 aromatic carbocycles. The minimum Gasteiger partial charge on any atom is -0.492 e. The Kier molecular flexibility index (Phi) is 3.54. The lowest BCUT2D eigenvalue weighted by molar-refractivity contribution is -0.120. The molecule has 0 spiro atoms. The van der Waals surface area contributed by atoms with Crippen LogP contribution in [0.5, 0.6) is 5.75 Å². The van der Waals surface area contributed by atoms with Crippen LogP contribution in [0.3, 0.4) is 0 Å². The van der Waals surface area contributed by atoms with Crippen molar-refractivity contribution in [2.24, 2.45) is 0 Å². The molecule has 3 nitrogen and oxygen atoms in total. The molecule has 1 atom stereocenters. The minimum atomic E-state index is 0.342. The third-order valence-electron chi connectivity index (χ3n) is 3.00. The molecule has 2 rings (SSSR count). The van der Waals surface area contributed by atoms with E-state index in [9.17, 15) is 4.79 Å². The number of ketones is 1. The molecule has 3 heteroatoms. The summed E-state index contributed by atoms with van der Waals surface area (Å²) in [5.74, 6) is 1.52. The monoisotopic (exact) mass is 219 g/mol. The zero-order valence-corrected chi connectivity index (χ0v) is 9.61. The smallest absolute Gasteiger partial charge is 0.137 e. The highest BCUT2D eigenvalue weighted by Gasteiger charge is 2.21. The van der Waals surface area contributed by atoms with E-state index in [4.69, 9.17) is 4.74 Å². The van der Waals surface area contributed by atoms with Gasteiger partial charge in [0.05, 0.1) is 12.8 Å². The van der Waals surface area contributed by atoms with Crippen molar-refractivity contribution in [1.82, 2.24) is 4.98 Å². The molecule has 0 amide bonds. The van der Waals surface area contributed by atoms with Gasteiger partial charge in [0.25, 0.3) is 0 Å². The van der Waals surface area contributed by atoms with Crippen LogP contribution >= 0.6 is 0 Å². The first kappa shape index (κ1) is 11.1. The van der Waals surface area contributed by atoms with E-state index in [2.05, 4.69) is 4.98 Å². The predicted octanol–water partition coefficient (Wildman–Crippen LogP) is 2.71. The average molecular weight is 219 g/mol. The summed E-state index contributed by atoms with van der Waals surface area (Å²) in [7, 11) is 0. The first-order valence-electron chi connectivity index (χ1n) is 5.89. The lowest BCUT2D eigenvalue weighted by atomic mass is 9.84. The molecular weight excluding hydrogens is 202 g/mol. The Hall–Kier alpha value is -1.38. The van der Waals surface area contributed by atoms with E-state index in [0.29, 0.717) is 24.7 Å². The van der Waals surface area contributed by atoms with Gasteiger partial charge in [-0.1, -0.05) is 0 Å². The van der Waals surface area contributed by atoms with E-state index in [0.717, 1.165) is 30.6 Å². The van der Waals surface area contributed by atoms with Crippen molar-refractivity contribution >= 4 is 5.78 Å². The van der Waals surface area contributed by atoms with E-state index in [1.165, 1.54) is 0 Å². The summed E-state index contributed by atoms with van der Waals surface area (Å²) in [6.07, 6.45) is 7.07. The first-order valence-corrected chi connectivity index (χ1v) is 5.89. The molecule has 0 aliphatic heterocycles. The summed E-state index contributed by atoms with van der Waals surface area (Å²) in [5, 5.41) is 0. The SMILES string of the molecule is CCOc1cncc(C2CCCC(=O)C2)c1. The maximum absolute atomic E-state index is 11.4. The number of ether oxygens (including phenoxy) is 1. The van der Waals surface area contributed by atoms with Crippen molar-refractivity contribution in [3.63, 3.8) is 0 Å². The summed E-state index contributed by atoms with van der Waals surface area (Å²) >= 11 is 0. The Labute approximate surface area is 95.8 Å². The molecule has 1 aromatic heterocycles. The molecule has 1 aliphatic carbocycles. The third-order valence-corrected chi connectivity index (χ3v) is 3.00.